The second kappa shape index (κ2) is 4.49. The number of sulfone groups is 1. The van der Waals surface area contributed by atoms with Crippen molar-refractivity contribution in [1.82, 2.24) is 4.90 Å². The molecular formula is C12H21NO4S. The van der Waals surface area contributed by atoms with E-state index >= 15 is 0 Å². The molecule has 2 heterocycles. The Morgan fingerprint density at radius 1 is 1.33 bits per heavy atom. The number of carbonyl (C=O) groups is 1. The third kappa shape index (κ3) is 2.28. The maximum atomic E-state index is 12.1. The Labute approximate surface area is 108 Å². The molecule has 0 aliphatic carbocycles. The number of rotatable bonds is 2. The van der Waals surface area contributed by atoms with Gasteiger partial charge in [0.1, 0.15) is 10.9 Å². The molecular weight excluding hydrogens is 254 g/mol. The first-order chi connectivity index (χ1) is 8.26. The molecule has 2 rings (SSSR count). The summed E-state index contributed by atoms with van der Waals surface area (Å²) in [4.78, 5) is 13.6. The standard InChI is InChI=1S/C12H21NO4S/c1-9(2)12(15)7-13(8-12)11(14)10-5-3-4-6-18(10,16)17/h9-10,15H,3-8H2,1-2H3. The van der Waals surface area contributed by atoms with Gasteiger partial charge in [-0.05, 0) is 18.8 Å². The van der Waals surface area contributed by atoms with Crippen LogP contribution in [0.3, 0.4) is 0 Å². The summed E-state index contributed by atoms with van der Waals surface area (Å²) in [5.41, 5.74) is -0.839. The molecule has 2 fully saturated rings. The van der Waals surface area contributed by atoms with Crippen LogP contribution in [-0.4, -0.2) is 54.0 Å². The minimum atomic E-state index is -3.27. The van der Waals surface area contributed by atoms with Gasteiger partial charge in [-0.3, -0.25) is 4.79 Å². The Balaban J connectivity index is 2.02. The maximum absolute atomic E-state index is 12.1. The molecule has 2 aliphatic heterocycles. The van der Waals surface area contributed by atoms with E-state index in [1.165, 1.54) is 4.90 Å². The second-order valence-electron chi connectivity index (χ2n) is 5.80. The van der Waals surface area contributed by atoms with E-state index in [0.717, 1.165) is 6.42 Å². The Bertz CT molecular complexity index is 437. The van der Waals surface area contributed by atoms with Crippen molar-refractivity contribution in [3.8, 4) is 0 Å². The molecule has 18 heavy (non-hydrogen) atoms. The van der Waals surface area contributed by atoms with Crippen LogP contribution >= 0.6 is 0 Å². The smallest absolute Gasteiger partial charge is 0.241 e. The Kier molecular flexibility index (Phi) is 3.44. The van der Waals surface area contributed by atoms with Gasteiger partial charge in [-0.25, -0.2) is 8.42 Å². The molecule has 2 saturated heterocycles. The highest BCUT2D eigenvalue weighted by molar-refractivity contribution is 7.92. The lowest BCUT2D eigenvalue weighted by atomic mass is 9.83. The van der Waals surface area contributed by atoms with E-state index in [4.69, 9.17) is 0 Å². The summed E-state index contributed by atoms with van der Waals surface area (Å²) in [6, 6.07) is 0. The summed E-state index contributed by atoms with van der Waals surface area (Å²) < 4.78 is 23.7. The van der Waals surface area contributed by atoms with Crippen molar-refractivity contribution >= 4 is 15.7 Å². The normalized spacial score (nSPS) is 30.0. The Morgan fingerprint density at radius 2 is 1.94 bits per heavy atom. The number of amides is 1. The molecule has 0 saturated carbocycles. The van der Waals surface area contributed by atoms with Gasteiger partial charge in [0.25, 0.3) is 0 Å². The zero-order valence-corrected chi connectivity index (χ0v) is 11.7. The van der Waals surface area contributed by atoms with Crippen LogP contribution in [0.25, 0.3) is 0 Å². The van der Waals surface area contributed by atoms with E-state index in [0.29, 0.717) is 12.8 Å². The molecule has 104 valence electrons. The summed E-state index contributed by atoms with van der Waals surface area (Å²) >= 11 is 0. The minimum absolute atomic E-state index is 0.0736. The van der Waals surface area contributed by atoms with Crippen LogP contribution in [0.15, 0.2) is 0 Å². The Hall–Kier alpha value is -0.620. The number of likely N-dealkylation sites (tertiary alicyclic amines) is 1. The largest absolute Gasteiger partial charge is 0.386 e. The van der Waals surface area contributed by atoms with Crippen molar-refractivity contribution in [1.29, 1.82) is 0 Å². The highest BCUT2D eigenvalue weighted by Crippen LogP contribution is 2.31. The van der Waals surface area contributed by atoms with Gasteiger partial charge in [0.05, 0.1) is 18.8 Å². The lowest BCUT2D eigenvalue weighted by Crippen LogP contribution is -2.68. The zero-order valence-electron chi connectivity index (χ0n) is 10.9. The molecule has 2 aliphatic rings. The van der Waals surface area contributed by atoms with Crippen LogP contribution in [0.5, 0.6) is 0 Å². The quantitative estimate of drug-likeness (QED) is 0.780. The number of carbonyl (C=O) groups excluding carboxylic acids is 1. The molecule has 0 aromatic rings. The molecule has 1 amide bonds. The van der Waals surface area contributed by atoms with Crippen molar-refractivity contribution in [3.63, 3.8) is 0 Å². The zero-order chi connectivity index (χ0) is 13.6. The van der Waals surface area contributed by atoms with Gasteiger partial charge in [0.2, 0.25) is 5.91 Å². The summed E-state index contributed by atoms with van der Waals surface area (Å²) in [6.45, 7) is 4.32. The first kappa shape index (κ1) is 13.8. The maximum Gasteiger partial charge on any atom is 0.241 e. The molecule has 6 heteroatoms. The number of aliphatic hydroxyl groups is 1. The van der Waals surface area contributed by atoms with Crippen LogP contribution in [0.4, 0.5) is 0 Å². The van der Waals surface area contributed by atoms with Crippen LogP contribution in [0.2, 0.25) is 0 Å². The molecule has 0 aromatic heterocycles. The molecule has 1 atom stereocenters. The lowest BCUT2D eigenvalue weighted by molar-refractivity contribution is -0.163. The van der Waals surface area contributed by atoms with Gasteiger partial charge in [-0.15, -0.1) is 0 Å². The van der Waals surface area contributed by atoms with E-state index in [1.807, 2.05) is 13.8 Å². The van der Waals surface area contributed by atoms with Gasteiger partial charge in [-0.2, -0.15) is 0 Å². The topological polar surface area (TPSA) is 74.7 Å². The summed E-state index contributed by atoms with van der Waals surface area (Å²) in [5, 5.41) is 9.22. The number of hydrogen-bond acceptors (Lipinski definition) is 4. The lowest BCUT2D eigenvalue weighted by Gasteiger charge is -2.50. The van der Waals surface area contributed by atoms with E-state index in [1.54, 1.807) is 0 Å². The molecule has 1 unspecified atom stereocenters. The second-order valence-corrected chi connectivity index (χ2v) is 8.11. The van der Waals surface area contributed by atoms with Crippen molar-refractivity contribution in [3.05, 3.63) is 0 Å². The van der Waals surface area contributed by atoms with E-state index < -0.39 is 20.7 Å². The third-order valence-corrected chi connectivity index (χ3v) is 6.33. The van der Waals surface area contributed by atoms with Gasteiger partial charge in [-0.1, -0.05) is 20.3 Å². The van der Waals surface area contributed by atoms with Crippen LogP contribution in [-0.2, 0) is 14.6 Å². The molecule has 5 nitrogen and oxygen atoms in total. The summed E-state index contributed by atoms with van der Waals surface area (Å²) in [6.07, 6.45) is 1.87. The average molecular weight is 275 g/mol. The van der Waals surface area contributed by atoms with Crippen molar-refractivity contribution in [2.45, 2.75) is 44.0 Å². The predicted octanol–water partition coefficient (Wildman–Crippen LogP) is 0.183. The fraction of sp³-hybridized carbons (Fsp3) is 0.917. The highest BCUT2D eigenvalue weighted by Gasteiger charge is 2.49. The fourth-order valence-corrected chi connectivity index (χ4v) is 4.44. The SMILES string of the molecule is CC(C)C1(O)CN(C(=O)C2CCCCS2(=O)=O)C1. The molecule has 0 spiro atoms. The number of β-amino-alcohol motifs (C(OH)–C–C–N with tert-alkyl or cyclic N) is 1. The summed E-state index contributed by atoms with van der Waals surface area (Å²) in [5.74, 6) is -0.129. The van der Waals surface area contributed by atoms with Crippen LogP contribution in [0.1, 0.15) is 33.1 Å². The summed E-state index contributed by atoms with van der Waals surface area (Å²) in [7, 11) is -3.27. The highest BCUT2D eigenvalue weighted by atomic mass is 32.2. The van der Waals surface area contributed by atoms with Crippen molar-refractivity contribution in [2.75, 3.05) is 18.8 Å². The van der Waals surface area contributed by atoms with E-state index in [9.17, 15) is 18.3 Å². The number of nitrogens with zero attached hydrogens (tertiary/aromatic N) is 1. The van der Waals surface area contributed by atoms with Crippen molar-refractivity contribution < 1.29 is 18.3 Å². The minimum Gasteiger partial charge on any atom is -0.386 e. The average Bonchev–Trinajstić information content (AvgIpc) is 2.23. The fourth-order valence-electron chi connectivity index (χ4n) is 2.57. The van der Waals surface area contributed by atoms with E-state index in [2.05, 4.69) is 0 Å². The first-order valence-electron chi connectivity index (χ1n) is 6.49. The van der Waals surface area contributed by atoms with Crippen molar-refractivity contribution in [2.24, 2.45) is 5.92 Å². The molecule has 0 aromatic carbocycles. The predicted molar refractivity (Wildman–Crippen MR) is 67.8 cm³/mol. The Morgan fingerprint density at radius 3 is 2.44 bits per heavy atom. The van der Waals surface area contributed by atoms with Gasteiger partial charge in [0, 0.05) is 0 Å². The molecule has 1 N–H and O–H groups in total. The van der Waals surface area contributed by atoms with Gasteiger partial charge in [0.15, 0.2) is 9.84 Å². The molecule has 0 radical (unpaired) electrons. The molecule has 0 bridgehead atoms. The van der Waals surface area contributed by atoms with Gasteiger partial charge >= 0.3 is 0 Å². The number of hydrogen-bond donors (Lipinski definition) is 1. The van der Waals surface area contributed by atoms with Crippen LogP contribution in [0, 0.1) is 5.92 Å². The third-order valence-electron chi connectivity index (χ3n) is 4.17. The van der Waals surface area contributed by atoms with Gasteiger partial charge < -0.3 is 10.0 Å². The first-order valence-corrected chi connectivity index (χ1v) is 8.20. The van der Waals surface area contributed by atoms with Crippen LogP contribution < -0.4 is 0 Å². The monoisotopic (exact) mass is 275 g/mol. The van der Waals surface area contributed by atoms with E-state index in [-0.39, 0.29) is 30.7 Å².